The number of hydrogen-bond acceptors (Lipinski definition) is 4. The van der Waals surface area contributed by atoms with Crippen LogP contribution in [0, 0.1) is 0 Å². The zero-order valence-corrected chi connectivity index (χ0v) is 17.3. The highest BCUT2D eigenvalue weighted by Gasteiger charge is 2.62. The summed E-state index contributed by atoms with van der Waals surface area (Å²) < 4.78 is 1.11. The fourth-order valence-electron chi connectivity index (χ4n) is 4.73. The van der Waals surface area contributed by atoms with Gasteiger partial charge in [0.05, 0.1) is 11.6 Å². The molecule has 2 fully saturated rings. The minimum atomic E-state index is -0.212. The van der Waals surface area contributed by atoms with E-state index in [0.29, 0.717) is 0 Å². The van der Waals surface area contributed by atoms with Crippen molar-refractivity contribution in [2.45, 2.75) is 69.7 Å². The monoisotopic (exact) mass is 418 g/mol. The van der Waals surface area contributed by atoms with E-state index in [1.807, 2.05) is 26.8 Å². The number of amides is 1. The van der Waals surface area contributed by atoms with Crippen LogP contribution in [0.15, 0.2) is 33.7 Å². The normalized spacial score (nSPS) is 30.2. The summed E-state index contributed by atoms with van der Waals surface area (Å²) in [6.07, 6.45) is 3.18. The lowest BCUT2D eigenvalue weighted by Gasteiger charge is -2.38. The largest absolute Gasteiger partial charge is 0.368 e. The Hall–Kier alpha value is -1.40. The van der Waals surface area contributed by atoms with E-state index >= 15 is 0 Å². The number of halogens is 1. The SMILES string of the molecule is CC(C)(C)NC(=O)[C@@H]1[C@@H]2C[C@@]3(CCCN13)C(NCc1ccccc1Br)=N2. The number of aliphatic imine (C=N–C) groups is 1. The van der Waals surface area contributed by atoms with Gasteiger partial charge in [0, 0.05) is 23.1 Å². The van der Waals surface area contributed by atoms with E-state index in [1.165, 1.54) is 5.56 Å². The average Bonchev–Trinajstić information content (AvgIpc) is 3.19. The van der Waals surface area contributed by atoms with Crippen LogP contribution in [0.4, 0.5) is 0 Å². The van der Waals surface area contributed by atoms with Crippen molar-refractivity contribution in [1.29, 1.82) is 0 Å². The molecule has 3 heterocycles. The van der Waals surface area contributed by atoms with Crippen molar-refractivity contribution in [1.82, 2.24) is 15.5 Å². The molecule has 0 aromatic heterocycles. The van der Waals surface area contributed by atoms with Crippen LogP contribution in [0.3, 0.4) is 0 Å². The van der Waals surface area contributed by atoms with E-state index in [9.17, 15) is 4.79 Å². The van der Waals surface area contributed by atoms with Gasteiger partial charge >= 0.3 is 0 Å². The topological polar surface area (TPSA) is 56.7 Å². The Kier molecular flexibility index (Phi) is 4.39. The predicted octanol–water partition coefficient (Wildman–Crippen LogP) is 2.84. The number of benzene rings is 1. The van der Waals surface area contributed by atoms with Gasteiger partial charge in [-0.25, -0.2) is 0 Å². The van der Waals surface area contributed by atoms with E-state index < -0.39 is 0 Å². The molecule has 5 nitrogen and oxygen atoms in total. The number of fused-ring (bicyclic) bond motifs is 1. The second-order valence-electron chi connectivity index (χ2n) is 8.71. The smallest absolute Gasteiger partial charge is 0.240 e. The molecular formula is C20H27BrN4O. The lowest BCUT2D eigenvalue weighted by atomic mass is 9.94. The first-order chi connectivity index (χ1) is 12.3. The van der Waals surface area contributed by atoms with Crippen molar-refractivity contribution in [2.24, 2.45) is 4.99 Å². The molecule has 1 aromatic rings. The van der Waals surface area contributed by atoms with Gasteiger partial charge in [0.2, 0.25) is 5.91 Å². The molecule has 2 saturated heterocycles. The van der Waals surface area contributed by atoms with Crippen molar-refractivity contribution < 1.29 is 4.79 Å². The number of rotatable bonds is 3. The van der Waals surface area contributed by atoms with E-state index in [4.69, 9.17) is 4.99 Å². The first-order valence-corrected chi connectivity index (χ1v) is 10.2. The van der Waals surface area contributed by atoms with Crippen molar-refractivity contribution in [3.05, 3.63) is 34.3 Å². The van der Waals surface area contributed by atoms with Gasteiger partial charge in [0.1, 0.15) is 11.9 Å². The van der Waals surface area contributed by atoms with E-state index in [-0.39, 0.29) is 29.1 Å². The predicted molar refractivity (Wildman–Crippen MR) is 107 cm³/mol. The summed E-state index contributed by atoms with van der Waals surface area (Å²) >= 11 is 3.61. The first kappa shape index (κ1) is 18.0. The highest BCUT2D eigenvalue weighted by molar-refractivity contribution is 9.10. The maximum absolute atomic E-state index is 12.9. The summed E-state index contributed by atoms with van der Waals surface area (Å²) in [7, 11) is 0. The maximum atomic E-state index is 12.9. The fraction of sp³-hybridized carbons (Fsp3) is 0.600. The Morgan fingerprint density at radius 1 is 1.38 bits per heavy atom. The minimum Gasteiger partial charge on any atom is -0.368 e. The van der Waals surface area contributed by atoms with Gasteiger partial charge in [0.25, 0.3) is 0 Å². The molecule has 26 heavy (non-hydrogen) atoms. The fourth-order valence-corrected chi connectivity index (χ4v) is 5.16. The maximum Gasteiger partial charge on any atom is 0.240 e. The molecule has 1 amide bonds. The Morgan fingerprint density at radius 2 is 2.15 bits per heavy atom. The third-order valence-corrected chi connectivity index (χ3v) is 6.47. The molecule has 0 aliphatic carbocycles. The van der Waals surface area contributed by atoms with E-state index in [0.717, 1.165) is 42.7 Å². The van der Waals surface area contributed by atoms with Crippen molar-refractivity contribution >= 4 is 27.7 Å². The van der Waals surface area contributed by atoms with Gasteiger partial charge in [-0.2, -0.15) is 0 Å². The van der Waals surface area contributed by atoms with Gasteiger partial charge in [-0.15, -0.1) is 0 Å². The second-order valence-corrected chi connectivity index (χ2v) is 9.56. The van der Waals surface area contributed by atoms with Gasteiger partial charge in [-0.1, -0.05) is 34.1 Å². The number of nitrogens with zero attached hydrogens (tertiary/aromatic N) is 2. The van der Waals surface area contributed by atoms with E-state index in [2.05, 4.69) is 49.7 Å². The van der Waals surface area contributed by atoms with Crippen LogP contribution in [-0.2, 0) is 11.3 Å². The molecule has 2 bridgehead atoms. The summed E-state index contributed by atoms with van der Waals surface area (Å²) in [4.78, 5) is 20.2. The number of amidine groups is 1. The standard InChI is InChI=1S/C20H27BrN4O/c1-19(2,3)24-17(26)16-15-11-20(9-6-10-25(16)20)18(23-15)22-12-13-7-4-5-8-14(13)21/h4-5,7-8,15-16H,6,9-12H2,1-3H3,(H,22,23)(H,24,26)/t15-,16-,20-/m0/s1. The zero-order chi connectivity index (χ0) is 18.5. The molecule has 3 aliphatic heterocycles. The third kappa shape index (κ3) is 2.97. The Morgan fingerprint density at radius 3 is 2.88 bits per heavy atom. The van der Waals surface area contributed by atoms with Crippen LogP contribution >= 0.6 is 15.9 Å². The lowest BCUT2D eigenvalue weighted by molar-refractivity contribution is -0.127. The molecule has 0 saturated carbocycles. The number of carbonyl (C=O) groups excluding carboxylic acids is 1. The van der Waals surface area contributed by atoms with Crippen LogP contribution in [0.5, 0.6) is 0 Å². The molecule has 3 atom stereocenters. The summed E-state index contributed by atoms with van der Waals surface area (Å²) in [6, 6.07) is 8.21. The van der Waals surface area contributed by atoms with E-state index in [1.54, 1.807) is 0 Å². The van der Waals surface area contributed by atoms with Crippen LogP contribution in [0.1, 0.15) is 45.6 Å². The van der Waals surface area contributed by atoms with Gasteiger partial charge in [-0.05, 0) is 51.7 Å². The van der Waals surface area contributed by atoms with Crippen LogP contribution in [0.2, 0.25) is 0 Å². The van der Waals surface area contributed by atoms with Crippen molar-refractivity contribution in [3.8, 4) is 0 Å². The number of nitrogens with one attached hydrogen (secondary N) is 2. The highest BCUT2D eigenvalue weighted by atomic mass is 79.9. The van der Waals surface area contributed by atoms with Crippen molar-refractivity contribution in [2.75, 3.05) is 6.54 Å². The Balaban J connectivity index is 1.53. The van der Waals surface area contributed by atoms with Gasteiger partial charge in [-0.3, -0.25) is 14.7 Å². The minimum absolute atomic E-state index is 0.0637. The highest BCUT2D eigenvalue weighted by Crippen LogP contribution is 2.48. The van der Waals surface area contributed by atoms with Gasteiger partial charge < -0.3 is 10.6 Å². The molecule has 0 unspecified atom stereocenters. The summed E-state index contributed by atoms with van der Waals surface area (Å²) in [5.41, 5.74) is 0.947. The summed E-state index contributed by atoms with van der Waals surface area (Å²) in [6.45, 7) is 7.83. The quantitative estimate of drug-likeness (QED) is 0.793. The summed E-state index contributed by atoms with van der Waals surface area (Å²) in [5, 5.41) is 6.75. The Labute approximate surface area is 163 Å². The average molecular weight is 419 g/mol. The van der Waals surface area contributed by atoms with Gasteiger partial charge in [0.15, 0.2) is 0 Å². The van der Waals surface area contributed by atoms with Crippen LogP contribution in [-0.4, -0.2) is 46.3 Å². The zero-order valence-electron chi connectivity index (χ0n) is 15.7. The molecular weight excluding hydrogens is 392 g/mol. The molecule has 2 N–H and O–H groups in total. The molecule has 140 valence electrons. The number of carbonyl (C=O) groups is 1. The van der Waals surface area contributed by atoms with Crippen molar-refractivity contribution in [3.63, 3.8) is 0 Å². The first-order valence-electron chi connectivity index (χ1n) is 9.44. The van der Waals surface area contributed by atoms with Crippen LogP contribution < -0.4 is 10.6 Å². The molecule has 0 radical (unpaired) electrons. The molecule has 4 rings (SSSR count). The van der Waals surface area contributed by atoms with Crippen LogP contribution in [0.25, 0.3) is 0 Å². The molecule has 6 heteroatoms. The molecule has 3 aliphatic rings. The lowest BCUT2D eigenvalue weighted by Crippen LogP contribution is -2.60. The summed E-state index contributed by atoms with van der Waals surface area (Å²) in [5.74, 6) is 1.20. The molecule has 1 spiro atoms. The number of hydrogen-bond donors (Lipinski definition) is 2. The second kappa shape index (κ2) is 6.34. The Bertz CT molecular complexity index is 756. The third-order valence-electron chi connectivity index (χ3n) is 5.69. The molecule has 1 aromatic carbocycles.